The molecule has 0 saturated heterocycles. The van der Waals surface area contributed by atoms with E-state index in [0.29, 0.717) is 9.36 Å². The number of nitrogens with zero attached hydrogens (tertiary/aromatic N) is 1. The lowest BCUT2D eigenvalue weighted by atomic mass is 9.84. The molecular weight excluding hydrogens is 329 g/mol. The lowest BCUT2D eigenvalue weighted by Gasteiger charge is -2.27. The topological polar surface area (TPSA) is 12.4 Å². The van der Waals surface area contributed by atoms with Crippen LogP contribution in [0, 0.1) is 0 Å². The molecular formula is C15H11Cl2NS2. The Morgan fingerprint density at radius 3 is 2.45 bits per heavy atom. The molecule has 2 aromatic rings. The van der Waals surface area contributed by atoms with Gasteiger partial charge in [-0.15, -0.1) is 0 Å². The third kappa shape index (κ3) is 2.63. The van der Waals surface area contributed by atoms with Gasteiger partial charge in [-0.05, 0) is 12.0 Å². The monoisotopic (exact) mass is 339 g/mol. The highest BCUT2D eigenvalue weighted by molar-refractivity contribution is 7.69. The van der Waals surface area contributed by atoms with Crippen LogP contribution in [0.5, 0.6) is 0 Å². The van der Waals surface area contributed by atoms with Gasteiger partial charge in [-0.1, -0.05) is 98.5 Å². The Bertz CT molecular complexity index is 728. The Balaban J connectivity index is 2.18. The quantitative estimate of drug-likeness (QED) is 0.647. The standard InChI is InChI=1S/C15H11Cl2NS2/c16-12-13(17)19-20-14(12)18-15(9-5-2-6-10-15)11-7-3-1-4-8-11/h1-9H,10H2. The molecule has 1 unspecified atom stereocenters. The van der Waals surface area contributed by atoms with Crippen molar-refractivity contribution in [3.8, 4) is 0 Å². The van der Waals surface area contributed by atoms with Crippen molar-refractivity contribution in [3.05, 3.63) is 74.2 Å². The molecule has 20 heavy (non-hydrogen) atoms. The van der Waals surface area contributed by atoms with Crippen LogP contribution in [0.4, 0.5) is 0 Å². The SMILES string of the molecule is Clc1ssc(=NC2(c3ccccc3)C=CC=CC2)c1Cl. The van der Waals surface area contributed by atoms with Crippen LogP contribution in [0.15, 0.2) is 59.6 Å². The fraction of sp³-hybridized carbons (Fsp3) is 0.133. The van der Waals surface area contributed by atoms with Crippen LogP contribution in [-0.2, 0) is 5.54 Å². The van der Waals surface area contributed by atoms with Crippen LogP contribution in [0.2, 0.25) is 9.36 Å². The van der Waals surface area contributed by atoms with E-state index in [2.05, 4.69) is 24.3 Å². The van der Waals surface area contributed by atoms with Gasteiger partial charge < -0.3 is 0 Å². The lowest BCUT2D eigenvalue weighted by Crippen LogP contribution is -2.24. The van der Waals surface area contributed by atoms with E-state index < -0.39 is 0 Å². The molecule has 0 radical (unpaired) electrons. The highest BCUT2D eigenvalue weighted by Gasteiger charge is 2.28. The summed E-state index contributed by atoms with van der Waals surface area (Å²) in [5, 5.41) is 0.555. The third-order valence-electron chi connectivity index (χ3n) is 3.18. The van der Waals surface area contributed by atoms with E-state index in [1.165, 1.54) is 20.7 Å². The molecule has 0 aliphatic heterocycles. The summed E-state index contributed by atoms with van der Waals surface area (Å²) in [5.74, 6) is 0. The van der Waals surface area contributed by atoms with Crippen LogP contribution >= 0.6 is 43.9 Å². The Morgan fingerprint density at radius 2 is 1.85 bits per heavy atom. The van der Waals surface area contributed by atoms with Gasteiger partial charge in [-0.25, -0.2) is 0 Å². The van der Waals surface area contributed by atoms with Crippen molar-refractivity contribution in [2.24, 2.45) is 4.99 Å². The largest absolute Gasteiger partial charge is 0.256 e. The maximum absolute atomic E-state index is 6.23. The van der Waals surface area contributed by atoms with Crippen LogP contribution in [0.25, 0.3) is 0 Å². The number of hydrogen-bond acceptors (Lipinski definition) is 3. The predicted molar refractivity (Wildman–Crippen MR) is 88.8 cm³/mol. The van der Waals surface area contributed by atoms with E-state index in [9.17, 15) is 0 Å². The number of hydrogen-bond donors (Lipinski definition) is 0. The number of rotatable bonds is 2. The first kappa shape index (κ1) is 14.1. The molecule has 1 nitrogen and oxygen atoms in total. The van der Waals surface area contributed by atoms with Gasteiger partial charge in [0.2, 0.25) is 0 Å². The molecule has 0 fully saturated rings. The first-order valence-electron chi connectivity index (χ1n) is 6.11. The van der Waals surface area contributed by atoms with E-state index in [1.807, 2.05) is 30.4 Å². The summed E-state index contributed by atoms with van der Waals surface area (Å²) in [4.78, 5) is 4.91. The summed E-state index contributed by atoms with van der Waals surface area (Å²) in [5.41, 5.74) is 0.770. The van der Waals surface area contributed by atoms with Gasteiger partial charge in [-0.2, -0.15) is 0 Å². The fourth-order valence-electron chi connectivity index (χ4n) is 2.18. The van der Waals surface area contributed by atoms with E-state index >= 15 is 0 Å². The molecule has 1 heterocycles. The fourth-order valence-corrected chi connectivity index (χ4v) is 4.99. The Morgan fingerprint density at radius 1 is 1.05 bits per heavy atom. The minimum Gasteiger partial charge on any atom is -0.256 e. The highest BCUT2D eigenvalue weighted by atomic mass is 35.5. The van der Waals surface area contributed by atoms with Crippen molar-refractivity contribution in [2.75, 3.05) is 0 Å². The molecule has 1 atom stereocenters. The van der Waals surface area contributed by atoms with Crippen LogP contribution in [0.1, 0.15) is 12.0 Å². The maximum Gasteiger partial charge on any atom is 0.143 e. The average Bonchev–Trinajstić information content (AvgIpc) is 2.81. The van der Waals surface area contributed by atoms with E-state index in [0.717, 1.165) is 16.7 Å². The highest BCUT2D eigenvalue weighted by Crippen LogP contribution is 2.35. The first-order chi connectivity index (χ1) is 9.71. The average molecular weight is 340 g/mol. The first-order valence-corrected chi connectivity index (χ1v) is 9.02. The zero-order valence-electron chi connectivity index (χ0n) is 10.4. The van der Waals surface area contributed by atoms with E-state index in [1.54, 1.807) is 0 Å². The van der Waals surface area contributed by atoms with Gasteiger partial charge in [-0.3, -0.25) is 4.99 Å². The second kappa shape index (κ2) is 5.86. The smallest absolute Gasteiger partial charge is 0.143 e. The molecule has 1 aromatic heterocycles. The number of halogens is 2. The predicted octanol–water partition coefficient (Wildman–Crippen LogP) is 5.43. The molecule has 102 valence electrons. The molecule has 1 aromatic carbocycles. The minimum absolute atomic E-state index is 0.388. The summed E-state index contributed by atoms with van der Waals surface area (Å²) in [6, 6.07) is 10.3. The second-order valence-electron chi connectivity index (χ2n) is 4.45. The number of allylic oxidation sites excluding steroid dienone is 2. The summed E-state index contributed by atoms with van der Waals surface area (Å²) >= 11 is 12.3. The van der Waals surface area contributed by atoms with Crippen LogP contribution in [0.3, 0.4) is 0 Å². The van der Waals surface area contributed by atoms with Gasteiger partial charge in [0.25, 0.3) is 0 Å². The van der Waals surface area contributed by atoms with Crippen molar-refractivity contribution >= 4 is 43.9 Å². The van der Waals surface area contributed by atoms with Crippen molar-refractivity contribution in [2.45, 2.75) is 12.0 Å². The number of benzene rings is 1. The van der Waals surface area contributed by atoms with Crippen molar-refractivity contribution in [1.29, 1.82) is 0 Å². The zero-order valence-corrected chi connectivity index (χ0v) is 13.6. The second-order valence-corrected chi connectivity index (χ2v) is 7.56. The molecule has 5 heteroatoms. The molecule has 0 spiro atoms. The van der Waals surface area contributed by atoms with E-state index in [-0.39, 0.29) is 5.54 Å². The minimum atomic E-state index is -0.388. The Labute approximate surface area is 134 Å². The van der Waals surface area contributed by atoms with Crippen LogP contribution < -0.4 is 4.67 Å². The lowest BCUT2D eigenvalue weighted by molar-refractivity contribution is 0.556. The van der Waals surface area contributed by atoms with Gasteiger partial charge >= 0.3 is 0 Å². The molecule has 3 rings (SSSR count). The van der Waals surface area contributed by atoms with E-state index in [4.69, 9.17) is 28.2 Å². The molecule has 1 aliphatic rings. The summed E-state index contributed by atoms with van der Waals surface area (Å²) < 4.78 is 1.40. The Hall–Kier alpha value is -0.870. The van der Waals surface area contributed by atoms with Gasteiger partial charge in [0.1, 0.15) is 19.6 Å². The van der Waals surface area contributed by atoms with Crippen molar-refractivity contribution in [1.82, 2.24) is 0 Å². The maximum atomic E-state index is 6.23. The van der Waals surface area contributed by atoms with Crippen molar-refractivity contribution in [3.63, 3.8) is 0 Å². The molecule has 0 amide bonds. The Kier molecular flexibility index (Phi) is 4.13. The van der Waals surface area contributed by atoms with Gasteiger partial charge in [0, 0.05) is 0 Å². The molecule has 1 aliphatic carbocycles. The molecule has 0 N–H and O–H groups in total. The summed E-state index contributed by atoms with van der Waals surface area (Å²) in [7, 11) is 2.97. The van der Waals surface area contributed by atoms with Gasteiger partial charge in [0.05, 0.1) is 0 Å². The van der Waals surface area contributed by atoms with Crippen molar-refractivity contribution < 1.29 is 0 Å². The summed E-state index contributed by atoms with van der Waals surface area (Å²) in [6.07, 6.45) is 9.15. The molecule has 0 bridgehead atoms. The summed E-state index contributed by atoms with van der Waals surface area (Å²) in [6.45, 7) is 0. The third-order valence-corrected chi connectivity index (χ3v) is 6.67. The normalized spacial score (nSPS) is 22.4. The zero-order chi connectivity index (χ0) is 14.0. The van der Waals surface area contributed by atoms with Gasteiger partial charge in [0.15, 0.2) is 0 Å². The van der Waals surface area contributed by atoms with Crippen LogP contribution in [-0.4, -0.2) is 0 Å². The molecule has 0 saturated carbocycles.